The highest BCUT2D eigenvalue weighted by atomic mass is 79.9. The van der Waals surface area contributed by atoms with Gasteiger partial charge in [-0.2, -0.15) is 48.3 Å². The van der Waals surface area contributed by atoms with Crippen LogP contribution in [0.25, 0.3) is 0 Å². The van der Waals surface area contributed by atoms with E-state index >= 15 is 0 Å². The van der Waals surface area contributed by atoms with Crippen molar-refractivity contribution in [1.82, 2.24) is 0 Å². The molecule has 1 nitrogen and oxygen atoms in total. The Labute approximate surface area is 140 Å². The minimum absolute atomic E-state index is 0.186. The van der Waals surface area contributed by atoms with Crippen LogP contribution in [0.3, 0.4) is 0 Å². The Hall–Kier alpha value is -1.53. The fourth-order valence-corrected chi connectivity index (χ4v) is 1.67. The Morgan fingerprint density at radius 2 is 1.28 bits per heavy atom. The molecular weight excluding hydrogens is 449 g/mol. The molecule has 0 fully saturated rings. The Morgan fingerprint density at radius 3 is 1.72 bits per heavy atom. The second kappa shape index (κ2) is 6.65. The van der Waals surface area contributed by atoms with Crippen LogP contribution in [-0.4, -0.2) is 23.9 Å². The average molecular weight is 453 g/mol. The molecule has 0 radical (unpaired) electrons. The third-order valence-corrected chi connectivity index (χ3v) is 3.28. The quantitative estimate of drug-likeness (QED) is 0.370. The second-order valence-corrected chi connectivity index (χ2v) is 5.20. The predicted molar refractivity (Wildman–Crippen MR) is 64.9 cm³/mol. The normalized spacial score (nSPS) is 15.0. The average Bonchev–Trinajstić information content (AvgIpc) is 2.47. The Bertz CT molecular complexity index is 665. The second-order valence-electron chi connectivity index (χ2n) is 4.34. The highest BCUT2D eigenvalue weighted by Gasteiger charge is 2.83. The van der Waals surface area contributed by atoms with Crippen molar-refractivity contribution in [2.45, 2.75) is 23.9 Å². The summed E-state index contributed by atoms with van der Waals surface area (Å²) in [4.78, 5) is 0. The van der Waals surface area contributed by atoms with Crippen LogP contribution in [0.2, 0.25) is 0 Å². The molecule has 13 heteroatoms. The number of hydrogen-bond acceptors (Lipinski definition) is 1. The molecule has 0 saturated heterocycles. The van der Waals surface area contributed by atoms with Crippen LogP contribution in [0.15, 0.2) is 40.6 Å². The van der Waals surface area contributed by atoms with Crippen molar-refractivity contribution in [3.05, 3.63) is 40.6 Å². The first-order valence-electron chi connectivity index (χ1n) is 5.75. The molecule has 0 saturated carbocycles. The van der Waals surface area contributed by atoms with Gasteiger partial charge in [-0.25, -0.2) is 0 Å². The van der Waals surface area contributed by atoms with E-state index in [0.717, 1.165) is 18.2 Å². The van der Waals surface area contributed by atoms with Crippen LogP contribution in [0.5, 0.6) is 5.75 Å². The van der Waals surface area contributed by atoms with Gasteiger partial charge in [0.2, 0.25) is 5.83 Å². The van der Waals surface area contributed by atoms with Crippen LogP contribution in [0, 0.1) is 0 Å². The van der Waals surface area contributed by atoms with Crippen molar-refractivity contribution in [3.63, 3.8) is 0 Å². The van der Waals surface area contributed by atoms with Gasteiger partial charge >= 0.3 is 30.0 Å². The standard InChI is InChI=1S/C12H4BrF11O/c13-5-3-1-2-4-6(5)25-8(15)7(14)9(16,17)10(18,19)11(20,21)12(22,23)24/h1-4H. The number of allylic oxidation sites excluding steroid dienone is 1. The summed E-state index contributed by atoms with van der Waals surface area (Å²) in [5.41, 5.74) is 0. The number of para-hydroxylation sites is 1. The lowest BCUT2D eigenvalue weighted by atomic mass is 10.0. The summed E-state index contributed by atoms with van der Waals surface area (Å²) in [5, 5.41) is 0. The van der Waals surface area contributed by atoms with Gasteiger partial charge in [-0.15, -0.1) is 0 Å². The monoisotopic (exact) mass is 452 g/mol. The minimum Gasteiger partial charge on any atom is -0.428 e. The predicted octanol–water partition coefficient (Wildman–Crippen LogP) is 6.40. The van der Waals surface area contributed by atoms with E-state index in [1.165, 1.54) is 6.07 Å². The fraction of sp³-hybridized carbons (Fsp3) is 0.333. The first-order chi connectivity index (χ1) is 11.1. The van der Waals surface area contributed by atoms with E-state index in [4.69, 9.17) is 0 Å². The van der Waals surface area contributed by atoms with Gasteiger partial charge in [-0.05, 0) is 28.1 Å². The summed E-state index contributed by atoms with van der Waals surface area (Å²) in [6, 6.07) is 1.23. The van der Waals surface area contributed by atoms with E-state index in [-0.39, 0.29) is 4.47 Å². The fourth-order valence-electron chi connectivity index (χ4n) is 1.31. The maximum Gasteiger partial charge on any atom is 0.460 e. The Balaban J connectivity index is 3.33. The molecule has 25 heavy (non-hydrogen) atoms. The van der Waals surface area contributed by atoms with Gasteiger partial charge in [0.05, 0.1) is 4.47 Å². The number of hydrogen-bond donors (Lipinski definition) is 0. The largest absolute Gasteiger partial charge is 0.460 e. The topological polar surface area (TPSA) is 9.23 Å². The van der Waals surface area contributed by atoms with Crippen LogP contribution in [0.1, 0.15) is 0 Å². The molecule has 0 aliphatic carbocycles. The summed E-state index contributed by atoms with van der Waals surface area (Å²) in [6.45, 7) is 0. The zero-order valence-electron chi connectivity index (χ0n) is 11.3. The molecule has 0 unspecified atom stereocenters. The molecule has 0 amide bonds. The first-order valence-corrected chi connectivity index (χ1v) is 6.55. The van der Waals surface area contributed by atoms with Gasteiger partial charge in [0.15, 0.2) is 0 Å². The number of rotatable bonds is 5. The van der Waals surface area contributed by atoms with E-state index in [1.54, 1.807) is 0 Å². The van der Waals surface area contributed by atoms with E-state index in [2.05, 4.69) is 20.7 Å². The summed E-state index contributed by atoms with van der Waals surface area (Å²) in [7, 11) is 0. The SMILES string of the molecule is FC(Oc1ccccc1Br)=C(F)C(F)(F)C(F)(F)C(F)(F)C(F)(F)F. The molecule has 0 heterocycles. The Kier molecular flexibility index (Phi) is 5.72. The molecule has 142 valence electrons. The van der Waals surface area contributed by atoms with E-state index in [0.29, 0.717) is 0 Å². The van der Waals surface area contributed by atoms with Crippen molar-refractivity contribution < 1.29 is 53.0 Å². The van der Waals surface area contributed by atoms with Gasteiger partial charge in [-0.3, -0.25) is 0 Å². The molecule has 1 aromatic rings. The highest BCUT2D eigenvalue weighted by Crippen LogP contribution is 2.55. The van der Waals surface area contributed by atoms with Crippen molar-refractivity contribution in [2.24, 2.45) is 0 Å². The summed E-state index contributed by atoms with van der Waals surface area (Å²) < 4.78 is 143. The highest BCUT2D eigenvalue weighted by molar-refractivity contribution is 9.10. The molecule has 0 atom stereocenters. The lowest BCUT2D eigenvalue weighted by Gasteiger charge is -2.32. The smallest absolute Gasteiger partial charge is 0.428 e. The molecule has 0 aromatic heterocycles. The maximum absolute atomic E-state index is 13.3. The van der Waals surface area contributed by atoms with E-state index in [9.17, 15) is 48.3 Å². The molecule has 1 aromatic carbocycles. The van der Waals surface area contributed by atoms with Gasteiger partial charge in [0.25, 0.3) is 0 Å². The van der Waals surface area contributed by atoms with Crippen molar-refractivity contribution >= 4 is 15.9 Å². The van der Waals surface area contributed by atoms with E-state index < -0.39 is 41.5 Å². The van der Waals surface area contributed by atoms with Crippen molar-refractivity contribution in [3.8, 4) is 5.75 Å². The van der Waals surface area contributed by atoms with Gasteiger partial charge in [-0.1, -0.05) is 12.1 Å². The molecule has 0 aliphatic rings. The zero-order chi connectivity index (χ0) is 19.8. The molecule has 0 aliphatic heterocycles. The van der Waals surface area contributed by atoms with Crippen molar-refractivity contribution in [1.29, 1.82) is 0 Å². The number of benzene rings is 1. The third kappa shape index (κ3) is 3.70. The number of halogens is 12. The van der Waals surface area contributed by atoms with Crippen LogP contribution >= 0.6 is 15.9 Å². The first kappa shape index (κ1) is 21.5. The Morgan fingerprint density at radius 1 is 0.800 bits per heavy atom. The van der Waals surface area contributed by atoms with Gasteiger partial charge < -0.3 is 4.74 Å². The minimum atomic E-state index is -7.35. The van der Waals surface area contributed by atoms with Crippen LogP contribution in [-0.2, 0) is 0 Å². The molecule has 0 N–H and O–H groups in total. The molecule has 1 rings (SSSR count). The maximum atomic E-state index is 13.3. The van der Waals surface area contributed by atoms with Crippen molar-refractivity contribution in [2.75, 3.05) is 0 Å². The zero-order valence-corrected chi connectivity index (χ0v) is 12.8. The third-order valence-electron chi connectivity index (χ3n) is 2.63. The summed E-state index contributed by atoms with van der Waals surface area (Å²) >= 11 is 2.68. The number of ether oxygens (including phenoxy) is 1. The number of alkyl halides is 9. The summed E-state index contributed by atoms with van der Waals surface area (Å²) in [5.74, 6) is -26.2. The molecule has 0 spiro atoms. The molecular formula is C12H4BrF11O. The summed E-state index contributed by atoms with van der Waals surface area (Å²) in [6.07, 6.45) is -7.15. The lowest BCUT2D eigenvalue weighted by Crippen LogP contribution is -2.61. The van der Waals surface area contributed by atoms with Crippen LogP contribution < -0.4 is 4.74 Å². The molecule has 0 bridgehead atoms. The van der Waals surface area contributed by atoms with E-state index in [1.807, 2.05) is 0 Å². The van der Waals surface area contributed by atoms with Crippen LogP contribution in [0.4, 0.5) is 48.3 Å². The lowest BCUT2D eigenvalue weighted by molar-refractivity contribution is -0.392. The van der Waals surface area contributed by atoms with Gasteiger partial charge in [0.1, 0.15) is 5.75 Å². The van der Waals surface area contributed by atoms with Gasteiger partial charge in [0, 0.05) is 0 Å².